The Morgan fingerprint density at radius 2 is 1.74 bits per heavy atom. The molecule has 198 valence electrons. The van der Waals surface area contributed by atoms with Crippen molar-refractivity contribution in [3.8, 4) is 5.75 Å². The third kappa shape index (κ3) is 22.0. The number of aliphatic carboxylic acids is 1. The predicted octanol–water partition coefficient (Wildman–Crippen LogP) is 2.31. The van der Waals surface area contributed by atoms with Gasteiger partial charge in [-0.05, 0) is 50.3 Å². The van der Waals surface area contributed by atoms with Gasteiger partial charge in [0.1, 0.15) is 5.75 Å². The van der Waals surface area contributed by atoms with Crippen molar-refractivity contribution >= 4 is 24.2 Å². The first-order valence-electron chi connectivity index (χ1n) is 11.8. The van der Waals surface area contributed by atoms with Gasteiger partial charge < -0.3 is 32.3 Å². The van der Waals surface area contributed by atoms with E-state index < -0.39 is 5.97 Å². The number of benzene rings is 1. The zero-order chi connectivity index (χ0) is 27.1. The van der Waals surface area contributed by atoms with Crippen molar-refractivity contribution in [2.45, 2.75) is 65.8 Å². The molecular weight excluding hydrogens is 450 g/mol. The van der Waals surface area contributed by atoms with E-state index in [0.29, 0.717) is 6.41 Å². The summed E-state index contributed by atoms with van der Waals surface area (Å²) in [6.45, 7) is 9.20. The van der Waals surface area contributed by atoms with Crippen LogP contribution in [0, 0.1) is 5.92 Å². The van der Waals surface area contributed by atoms with Crippen LogP contribution in [0.25, 0.3) is 0 Å². The van der Waals surface area contributed by atoms with Crippen LogP contribution >= 0.6 is 0 Å². The average molecular weight is 494 g/mol. The zero-order valence-electron chi connectivity index (χ0n) is 21.4. The zero-order valence-corrected chi connectivity index (χ0v) is 21.4. The van der Waals surface area contributed by atoms with E-state index in [1.54, 1.807) is 12.1 Å². The molecule has 0 heterocycles. The van der Waals surface area contributed by atoms with E-state index in [2.05, 4.69) is 29.5 Å². The van der Waals surface area contributed by atoms with Crippen LogP contribution in [0.5, 0.6) is 5.75 Å². The number of guanidine groups is 1. The highest BCUT2D eigenvalue weighted by molar-refractivity contribution is 5.79. The lowest BCUT2D eigenvalue weighted by molar-refractivity contribution is -0.131. The molecule has 10 nitrogen and oxygen atoms in total. The quantitative estimate of drug-likeness (QED) is 0.0801. The Kier molecular flexibility index (Phi) is 21.4. The smallest absolute Gasteiger partial charge is 0.328 e. The lowest BCUT2D eigenvalue weighted by Gasteiger charge is -2.19. The molecule has 0 saturated heterocycles. The number of carbonyl (C=O) groups is 3. The number of carbonyl (C=O) groups excluding carboxylic acids is 2. The van der Waals surface area contributed by atoms with Gasteiger partial charge in [-0.15, -0.1) is 0 Å². The van der Waals surface area contributed by atoms with Crippen molar-refractivity contribution < 1.29 is 24.6 Å². The fourth-order valence-electron chi connectivity index (χ4n) is 2.78. The highest BCUT2D eigenvalue weighted by Gasteiger charge is 2.17. The normalized spacial score (nSPS) is 11.5. The van der Waals surface area contributed by atoms with E-state index in [1.165, 1.54) is 6.08 Å². The van der Waals surface area contributed by atoms with Gasteiger partial charge in [0.2, 0.25) is 12.3 Å². The van der Waals surface area contributed by atoms with Crippen LogP contribution in [-0.4, -0.2) is 53.6 Å². The summed E-state index contributed by atoms with van der Waals surface area (Å²) in [6.07, 6.45) is 7.49. The molecule has 2 atom stereocenters. The minimum atomic E-state index is -1.01. The summed E-state index contributed by atoms with van der Waals surface area (Å²) in [7, 11) is 0. The van der Waals surface area contributed by atoms with Crippen LogP contribution in [0.3, 0.4) is 0 Å². The summed E-state index contributed by atoms with van der Waals surface area (Å²) in [6, 6.07) is 7.25. The number of phenols is 1. The Bertz CT molecular complexity index is 762. The second-order valence-corrected chi connectivity index (χ2v) is 7.75. The third-order valence-corrected chi connectivity index (χ3v) is 4.47. The lowest BCUT2D eigenvalue weighted by Crippen LogP contribution is -2.38. The number of hydrogen-bond donors (Lipinski definition) is 6. The Hall–Kier alpha value is -3.56. The first kappa shape index (κ1) is 33.6. The number of aromatic hydroxyl groups is 1. The molecule has 1 aromatic carbocycles. The van der Waals surface area contributed by atoms with E-state index in [4.69, 9.17) is 16.6 Å². The number of nitrogens with zero attached hydrogens (tertiary/aromatic N) is 1. The minimum Gasteiger partial charge on any atom is -0.508 e. The molecule has 35 heavy (non-hydrogen) atoms. The Morgan fingerprint density at radius 3 is 2.17 bits per heavy atom. The molecule has 0 fully saturated rings. The third-order valence-electron chi connectivity index (χ3n) is 4.47. The number of amides is 2. The fourth-order valence-corrected chi connectivity index (χ4v) is 2.78. The van der Waals surface area contributed by atoms with Crippen molar-refractivity contribution in [1.29, 1.82) is 0 Å². The lowest BCUT2D eigenvalue weighted by atomic mass is 9.99. The van der Waals surface area contributed by atoms with Crippen LogP contribution in [0.4, 0.5) is 0 Å². The average Bonchev–Trinajstić information content (AvgIpc) is 2.81. The van der Waals surface area contributed by atoms with E-state index in [1.807, 2.05) is 26.0 Å². The van der Waals surface area contributed by atoms with Crippen molar-refractivity contribution in [2.75, 3.05) is 13.1 Å². The van der Waals surface area contributed by atoms with Crippen LogP contribution in [0.2, 0.25) is 0 Å². The van der Waals surface area contributed by atoms with Crippen molar-refractivity contribution in [1.82, 2.24) is 10.6 Å². The van der Waals surface area contributed by atoms with E-state index in [0.717, 1.165) is 50.3 Å². The maximum absolute atomic E-state index is 12.1. The molecule has 0 aliphatic heterocycles. The first-order chi connectivity index (χ1) is 16.6. The van der Waals surface area contributed by atoms with Crippen LogP contribution in [0.15, 0.2) is 41.4 Å². The first-order valence-corrected chi connectivity index (χ1v) is 11.8. The Labute approximate surface area is 208 Å². The van der Waals surface area contributed by atoms with Gasteiger partial charge in [0.15, 0.2) is 5.96 Å². The second kappa shape index (κ2) is 22.2. The van der Waals surface area contributed by atoms with Gasteiger partial charge in [0.05, 0.1) is 0 Å². The molecule has 0 aliphatic rings. The molecule has 1 aromatic rings. The summed E-state index contributed by atoms with van der Waals surface area (Å²) in [5, 5.41) is 22.6. The standard InChI is InChI=1S/C16H25NO2.C5H7NO3.C4H11N3/c1-4-6-14(5-2)16(19)17-12(3)11-13-7-9-15(18)10-8-13;7-4-6-3-1-2-5(8)9;1-2-3-7-4(5)6/h7-10,12,14,18H,4-6,11H2,1-3H3,(H,17,19);1-2,4H,3H2,(H,6,7)(H,8,9);2-3H2,1H3,(H4,5,6,7)/b;2-1+;. The summed E-state index contributed by atoms with van der Waals surface area (Å²) >= 11 is 0. The minimum absolute atomic E-state index is 0.114. The number of carboxylic acids is 1. The topological polar surface area (TPSA) is 180 Å². The number of nitrogens with one attached hydrogen (secondary N) is 2. The number of carboxylic acid groups (broad SMARTS) is 1. The molecule has 0 aromatic heterocycles. The van der Waals surface area contributed by atoms with Gasteiger partial charge >= 0.3 is 5.97 Å². The Morgan fingerprint density at radius 1 is 1.11 bits per heavy atom. The maximum Gasteiger partial charge on any atom is 0.328 e. The molecular formula is C25H43N5O5. The molecule has 2 unspecified atom stereocenters. The number of rotatable bonds is 13. The molecule has 0 radical (unpaired) electrons. The summed E-state index contributed by atoms with van der Waals surface area (Å²) in [5.41, 5.74) is 11.1. The number of hydrogen-bond acceptors (Lipinski definition) is 5. The largest absolute Gasteiger partial charge is 0.508 e. The second-order valence-electron chi connectivity index (χ2n) is 7.75. The molecule has 1 rings (SSSR count). The van der Waals surface area contributed by atoms with Crippen LogP contribution < -0.4 is 22.1 Å². The molecule has 0 bridgehead atoms. The summed E-state index contributed by atoms with van der Waals surface area (Å²) in [5.74, 6) is -0.262. The van der Waals surface area contributed by atoms with E-state index in [-0.39, 0.29) is 36.1 Å². The SMILES string of the molecule is CCCC(CC)C(=O)NC(C)Cc1ccc(O)cc1.CCCN=C(N)N.O=CNC/C=C/C(=O)O. The summed E-state index contributed by atoms with van der Waals surface area (Å²) < 4.78 is 0. The Balaban J connectivity index is 0. The van der Waals surface area contributed by atoms with Gasteiger partial charge in [-0.3, -0.25) is 14.6 Å². The highest BCUT2D eigenvalue weighted by atomic mass is 16.4. The number of nitrogens with two attached hydrogens (primary N) is 2. The predicted molar refractivity (Wildman–Crippen MR) is 140 cm³/mol. The van der Waals surface area contributed by atoms with Crippen molar-refractivity contribution in [3.05, 3.63) is 42.0 Å². The van der Waals surface area contributed by atoms with Gasteiger partial charge in [0.25, 0.3) is 0 Å². The molecule has 0 spiro atoms. The number of phenolic OH excluding ortho intramolecular Hbond substituents is 1. The van der Waals surface area contributed by atoms with Crippen LogP contribution in [0.1, 0.15) is 58.9 Å². The maximum atomic E-state index is 12.1. The fraction of sp³-hybridized carbons (Fsp3) is 0.520. The van der Waals surface area contributed by atoms with Crippen LogP contribution in [-0.2, 0) is 20.8 Å². The van der Waals surface area contributed by atoms with Gasteiger partial charge in [-0.25, -0.2) is 4.79 Å². The molecule has 2 amide bonds. The summed E-state index contributed by atoms with van der Waals surface area (Å²) in [4.78, 5) is 35.1. The highest BCUT2D eigenvalue weighted by Crippen LogP contribution is 2.13. The van der Waals surface area contributed by atoms with Gasteiger partial charge in [-0.2, -0.15) is 0 Å². The molecule has 10 heteroatoms. The van der Waals surface area contributed by atoms with Gasteiger partial charge in [0, 0.05) is 31.1 Å². The van der Waals surface area contributed by atoms with E-state index >= 15 is 0 Å². The number of aliphatic imine (C=N–C) groups is 1. The molecule has 0 saturated carbocycles. The van der Waals surface area contributed by atoms with Gasteiger partial charge in [-0.1, -0.05) is 45.4 Å². The monoisotopic (exact) mass is 493 g/mol. The molecule has 8 N–H and O–H groups in total. The van der Waals surface area contributed by atoms with Crippen molar-refractivity contribution in [3.63, 3.8) is 0 Å². The van der Waals surface area contributed by atoms with Crippen molar-refractivity contribution in [2.24, 2.45) is 22.4 Å². The molecule has 0 aliphatic carbocycles. The van der Waals surface area contributed by atoms with E-state index in [9.17, 15) is 19.5 Å².